The summed E-state index contributed by atoms with van der Waals surface area (Å²) in [6.07, 6.45) is 0. The van der Waals surface area contributed by atoms with Gasteiger partial charge in [0.2, 0.25) is 0 Å². The smallest absolute Gasteiger partial charge is 0.253 e. The number of hydrogen-bond donors (Lipinski definition) is 0. The summed E-state index contributed by atoms with van der Waals surface area (Å²) in [5, 5.41) is 0. The van der Waals surface area contributed by atoms with E-state index in [2.05, 4.69) is 47.9 Å². The van der Waals surface area contributed by atoms with Crippen LogP contribution in [0.1, 0.15) is 41.3 Å². The van der Waals surface area contributed by atoms with Crippen molar-refractivity contribution in [3.63, 3.8) is 0 Å². The summed E-state index contributed by atoms with van der Waals surface area (Å²) in [6, 6.07) is 25.2. The molecule has 4 nitrogen and oxygen atoms in total. The molecule has 1 aliphatic heterocycles. The molecule has 1 aliphatic rings. The van der Waals surface area contributed by atoms with Crippen LogP contribution in [0.5, 0.6) is 0 Å². The van der Waals surface area contributed by atoms with E-state index in [1.54, 1.807) is 12.1 Å². The molecule has 0 saturated carbocycles. The first-order chi connectivity index (χ1) is 17.3. The molecule has 1 fully saturated rings. The van der Waals surface area contributed by atoms with E-state index in [-0.39, 0.29) is 23.6 Å². The Hall–Kier alpha value is -3.18. The first-order valence-electron chi connectivity index (χ1n) is 12.9. The van der Waals surface area contributed by atoms with Gasteiger partial charge in [-0.3, -0.25) is 9.69 Å². The van der Waals surface area contributed by atoms with E-state index in [1.165, 1.54) is 11.3 Å². The van der Waals surface area contributed by atoms with Crippen molar-refractivity contribution in [3.8, 4) is 0 Å². The number of likely N-dealkylation sites (tertiary alicyclic amines) is 1. The molecule has 3 aromatic rings. The number of amides is 1. The van der Waals surface area contributed by atoms with Gasteiger partial charge >= 0.3 is 0 Å². The number of carbonyl (C=O) groups excluding carboxylic acids is 1. The second-order valence-electron chi connectivity index (χ2n) is 10.6. The molecule has 190 valence electrons. The highest BCUT2D eigenvalue weighted by molar-refractivity contribution is 5.94. The van der Waals surface area contributed by atoms with Gasteiger partial charge in [-0.25, -0.2) is 4.39 Å². The lowest BCUT2D eigenvalue weighted by atomic mass is 9.88. The van der Waals surface area contributed by atoms with Gasteiger partial charge in [0.05, 0.1) is 0 Å². The Bertz CT molecular complexity index is 1110. The molecule has 0 aromatic heterocycles. The summed E-state index contributed by atoms with van der Waals surface area (Å²) in [7, 11) is 4.10. The SMILES string of the molecule is CC(C)CN(CC1CN(Cc2ccc(N(C)C)cc2)CC1c1ccc(F)cc1)C(=O)c1ccccc1. The molecule has 36 heavy (non-hydrogen) atoms. The van der Waals surface area contributed by atoms with Crippen LogP contribution in [-0.2, 0) is 6.54 Å². The molecule has 0 spiro atoms. The van der Waals surface area contributed by atoms with E-state index >= 15 is 0 Å². The van der Waals surface area contributed by atoms with Crippen LogP contribution in [0.25, 0.3) is 0 Å². The number of hydrogen-bond acceptors (Lipinski definition) is 3. The number of carbonyl (C=O) groups is 1. The fraction of sp³-hybridized carbons (Fsp3) is 0.387. The number of benzene rings is 3. The molecule has 2 atom stereocenters. The highest BCUT2D eigenvalue weighted by Crippen LogP contribution is 2.35. The predicted molar refractivity (Wildman–Crippen MR) is 146 cm³/mol. The van der Waals surface area contributed by atoms with Gasteiger partial charge in [0.15, 0.2) is 0 Å². The van der Waals surface area contributed by atoms with Crippen molar-refractivity contribution in [2.24, 2.45) is 11.8 Å². The van der Waals surface area contributed by atoms with E-state index in [1.807, 2.05) is 61.5 Å². The van der Waals surface area contributed by atoms with Gasteiger partial charge in [0, 0.05) is 64.0 Å². The molecule has 2 unspecified atom stereocenters. The average molecular weight is 488 g/mol. The highest BCUT2D eigenvalue weighted by Gasteiger charge is 2.36. The van der Waals surface area contributed by atoms with Crippen LogP contribution < -0.4 is 4.90 Å². The molecule has 5 heteroatoms. The van der Waals surface area contributed by atoms with Crippen molar-refractivity contribution in [2.45, 2.75) is 26.3 Å². The summed E-state index contributed by atoms with van der Waals surface area (Å²) in [6.45, 7) is 8.35. The van der Waals surface area contributed by atoms with Gasteiger partial charge in [0.25, 0.3) is 5.91 Å². The molecular weight excluding hydrogens is 449 g/mol. The van der Waals surface area contributed by atoms with Crippen LogP contribution in [0.4, 0.5) is 10.1 Å². The zero-order valence-corrected chi connectivity index (χ0v) is 21.9. The quantitative estimate of drug-likeness (QED) is 0.376. The molecular formula is C31H38FN3O. The number of rotatable bonds is 9. The van der Waals surface area contributed by atoms with Gasteiger partial charge in [-0.2, -0.15) is 0 Å². The van der Waals surface area contributed by atoms with Crippen molar-refractivity contribution in [2.75, 3.05) is 45.2 Å². The summed E-state index contributed by atoms with van der Waals surface area (Å²) in [5.41, 5.74) is 4.33. The van der Waals surface area contributed by atoms with Crippen LogP contribution >= 0.6 is 0 Å². The number of anilines is 1. The monoisotopic (exact) mass is 487 g/mol. The Morgan fingerprint density at radius 2 is 1.61 bits per heavy atom. The Labute approximate surface area is 215 Å². The standard InChI is InChI=1S/C31H38FN3O/c1-23(2)18-35(31(36)26-8-6-5-7-9-26)21-27-20-34(19-24-10-16-29(17-11-24)33(3)4)22-30(27)25-12-14-28(32)15-13-25/h5-17,23,27,30H,18-22H2,1-4H3. The fourth-order valence-corrected chi connectivity index (χ4v) is 5.25. The van der Waals surface area contributed by atoms with E-state index < -0.39 is 0 Å². The molecule has 0 N–H and O–H groups in total. The van der Waals surface area contributed by atoms with Crippen LogP contribution in [0.3, 0.4) is 0 Å². The molecule has 1 heterocycles. The van der Waals surface area contributed by atoms with Crippen LogP contribution in [0, 0.1) is 17.7 Å². The summed E-state index contributed by atoms with van der Waals surface area (Å²) in [5.74, 6) is 0.745. The van der Waals surface area contributed by atoms with Crippen molar-refractivity contribution >= 4 is 11.6 Å². The van der Waals surface area contributed by atoms with Crippen LogP contribution in [0.2, 0.25) is 0 Å². The molecule has 0 bridgehead atoms. The summed E-state index contributed by atoms with van der Waals surface area (Å²) >= 11 is 0. The molecule has 1 saturated heterocycles. The third-order valence-electron chi connectivity index (χ3n) is 7.02. The number of nitrogens with zero attached hydrogens (tertiary/aromatic N) is 3. The van der Waals surface area contributed by atoms with E-state index in [0.29, 0.717) is 19.0 Å². The Morgan fingerprint density at radius 1 is 0.944 bits per heavy atom. The highest BCUT2D eigenvalue weighted by atomic mass is 19.1. The lowest BCUT2D eigenvalue weighted by Gasteiger charge is -2.30. The second-order valence-corrected chi connectivity index (χ2v) is 10.6. The molecule has 3 aromatic carbocycles. The normalized spacial score (nSPS) is 17.9. The molecule has 1 amide bonds. The van der Waals surface area contributed by atoms with Gasteiger partial charge in [-0.05, 0) is 59.4 Å². The fourth-order valence-electron chi connectivity index (χ4n) is 5.25. The topological polar surface area (TPSA) is 26.8 Å². The minimum Gasteiger partial charge on any atom is -0.378 e. The zero-order chi connectivity index (χ0) is 25.7. The number of halogens is 1. The van der Waals surface area contributed by atoms with Gasteiger partial charge in [0.1, 0.15) is 5.82 Å². The average Bonchev–Trinajstić information content (AvgIpc) is 3.26. The summed E-state index contributed by atoms with van der Waals surface area (Å²) < 4.78 is 13.7. The Morgan fingerprint density at radius 3 is 2.22 bits per heavy atom. The van der Waals surface area contributed by atoms with Crippen molar-refractivity contribution in [1.29, 1.82) is 0 Å². The van der Waals surface area contributed by atoms with Gasteiger partial charge < -0.3 is 9.80 Å². The third kappa shape index (κ3) is 6.52. The Balaban J connectivity index is 1.56. The zero-order valence-electron chi connectivity index (χ0n) is 21.9. The van der Waals surface area contributed by atoms with Crippen LogP contribution in [0.15, 0.2) is 78.9 Å². The second kappa shape index (κ2) is 11.7. The van der Waals surface area contributed by atoms with E-state index in [0.717, 1.165) is 30.8 Å². The minimum atomic E-state index is -0.216. The summed E-state index contributed by atoms with van der Waals surface area (Å²) in [4.78, 5) is 20.1. The van der Waals surface area contributed by atoms with Crippen molar-refractivity contribution in [1.82, 2.24) is 9.80 Å². The lowest BCUT2D eigenvalue weighted by Crippen LogP contribution is -2.39. The van der Waals surface area contributed by atoms with E-state index in [9.17, 15) is 9.18 Å². The maximum atomic E-state index is 13.7. The van der Waals surface area contributed by atoms with E-state index in [4.69, 9.17) is 0 Å². The maximum Gasteiger partial charge on any atom is 0.253 e. The Kier molecular flexibility index (Phi) is 8.42. The van der Waals surface area contributed by atoms with Crippen LogP contribution in [-0.4, -0.2) is 56.0 Å². The molecule has 0 aliphatic carbocycles. The largest absolute Gasteiger partial charge is 0.378 e. The lowest BCUT2D eigenvalue weighted by molar-refractivity contribution is 0.0703. The van der Waals surface area contributed by atoms with Crippen molar-refractivity contribution < 1.29 is 9.18 Å². The first kappa shape index (κ1) is 25.9. The van der Waals surface area contributed by atoms with Gasteiger partial charge in [-0.15, -0.1) is 0 Å². The minimum absolute atomic E-state index is 0.0832. The van der Waals surface area contributed by atoms with Crippen molar-refractivity contribution in [3.05, 3.63) is 101 Å². The first-order valence-corrected chi connectivity index (χ1v) is 12.9. The predicted octanol–water partition coefficient (Wildman–Crippen LogP) is 5.91. The molecule has 0 radical (unpaired) electrons. The third-order valence-corrected chi connectivity index (χ3v) is 7.02. The van der Waals surface area contributed by atoms with Gasteiger partial charge in [-0.1, -0.05) is 56.3 Å². The maximum absolute atomic E-state index is 13.7. The molecule has 4 rings (SSSR count).